The van der Waals surface area contributed by atoms with E-state index in [2.05, 4.69) is 10.3 Å². The molecule has 0 aliphatic rings. The number of rotatable bonds is 4. The molecule has 0 aromatic carbocycles. The number of nitrogen functional groups attached to an aromatic ring is 1. The van der Waals surface area contributed by atoms with Gasteiger partial charge in [-0.05, 0) is 20.3 Å². The highest BCUT2D eigenvalue weighted by molar-refractivity contribution is 5.96. The lowest BCUT2D eigenvalue weighted by atomic mass is 10.3. The standard InChI is InChI=1S/C10H19N5O/c1-4-7(11)14-10(16)8-9(12)15(5-13-8)6(2)3/h5-7H,4,11-12H2,1-3H3,(H,14,16). The predicted octanol–water partition coefficient (Wildman–Crippen LogP) is 0.471. The average molecular weight is 225 g/mol. The Bertz CT molecular complexity index is 371. The van der Waals surface area contributed by atoms with Crippen LogP contribution in [0.25, 0.3) is 0 Å². The summed E-state index contributed by atoms with van der Waals surface area (Å²) in [6.45, 7) is 5.83. The van der Waals surface area contributed by atoms with E-state index in [1.165, 1.54) is 0 Å². The van der Waals surface area contributed by atoms with Gasteiger partial charge in [-0.2, -0.15) is 0 Å². The number of nitrogens with two attached hydrogens (primary N) is 2. The Morgan fingerprint density at radius 1 is 1.62 bits per heavy atom. The summed E-state index contributed by atoms with van der Waals surface area (Å²) >= 11 is 0. The van der Waals surface area contributed by atoms with Gasteiger partial charge >= 0.3 is 0 Å². The molecule has 0 saturated heterocycles. The Balaban J connectivity index is 2.85. The van der Waals surface area contributed by atoms with Crippen LogP contribution >= 0.6 is 0 Å². The molecule has 0 spiro atoms. The molecule has 0 aliphatic heterocycles. The van der Waals surface area contributed by atoms with Gasteiger partial charge in [-0.3, -0.25) is 4.79 Å². The Labute approximate surface area is 95.0 Å². The van der Waals surface area contributed by atoms with Crippen LogP contribution in [0.5, 0.6) is 0 Å². The minimum atomic E-state index is -0.365. The molecule has 1 unspecified atom stereocenters. The van der Waals surface area contributed by atoms with Gasteiger partial charge < -0.3 is 21.4 Å². The smallest absolute Gasteiger partial charge is 0.274 e. The third-order valence-electron chi connectivity index (χ3n) is 2.36. The minimum Gasteiger partial charge on any atom is -0.383 e. The van der Waals surface area contributed by atoms with E-state index in [0.29, 0.717) is 12.2 Å². The van der Waals surface area contributed by atoms with Crippen molar-refractivity contribution in [2.45, 2.75) is 39.4 Å². The van der Waals surface area contributed by atoms with Gasteiger partial charge in [0.25, 0.3) is 5.91 Å². The summed E-state index contributed by atoms with van der Waals surface area (Å²) in [4.78, 5) is 15.7. The summed E-state index contributed by atoms with van der Waals surface area (Å²) in [5, 5.41) is 2.62. The average Bonchev–Trinajstić information content (AvgIpc) is 2.59. The first-order valence-corrected chi connectivity index (χ1v) is 5.36. The van der Waals surface area contributed by atoms with E-state index < -0.39 is 0 Å². The molecule has 0 bridgehead atoms. The molecule has 1 aromatic heterocycles. The molecular formula is C10H19N5O. The lowest BCUT2D eigenvalue weighted by molar-refractivity contribution is 0.0933. The first kappa shape index (κ1) is 12.5. The van der Waals surface area contributed by atoms with Crippen molar-refractivity contribution in [3.05, 3.63) is 12.0 Å². The van der Waals surface area contributed by atoms with Crippen molar-refractivity contribution in [1.82, 2.24) is 14.9 Å². The van der Waals surface area contributed by atoms with Crippen molar-refractivity contribution in [2.75, 3.05) is 5.73 Å². The topological polar surface area (TPSA) is 99.0 Å². The zero-order chi connectivity index (χ0) is 12.3. The number of nitrogens with zero attached hydrogens (tertiary/aromatic N) is 2. The van der Waals surface area contributed by atoms with Crippen molar-refractivity contribution in [3.8, 4) is 0 Å². The zero-order valence-electron chi connectivity index (χ0n) is 9.90. The number of carbonyl (C=O) groups is 1. The van der Waals surface area contributed by atoms with Crippen molar-refractivity contribution in [2.24, 2.45) is 5.73 Å². The van der Waals surface area contributed by atoms with Crippen molar-refractivity contribution >= 4 is 11.7 Å². The molecule has 0 saturated carbocycles. The van der Waals surface area contributed by atoms with Crippen LogP contribution in [0.3, 0.4) is 0 Å². The quantitative estimate of drug-likeness (QED) is 0.648. The van der Waals surface area contributed by atoms with Gasteiger partial charge in [0.2, 0.25) is 0 Å². The van der Waals surface area contributed by atoms with Crippen LogP contribution in [0.15, 0.2) is 6.33 Å². The molecular weight excluding hydrogens is 206 g/mol. The Hall–Kier alpha value is -1.56. The number of nitrogens with one attached hydrogen (secondary N) is 1. The van der Waals surface area contributed by atoms with Gasteiger partial charge in [-0.1, -0.05) is 6.92 Å². The lowest BCUT2D eigenvalue weighted by Gasteiger charge is -2.11. The largest absolute Gasteiger partial charge is 0.383 e. The van der Waals surface area contributed by atoms with Crippen molar-refractivity contribution in [1.29, 1.82) is 0 Å². The molecule has 1 heterocycles. The van der Waals surface area contributed by atoms with Crippen LogP contribution in [0.2, 0.25) is 0 Å². The molecule has 0 radical (unpaired) electrons. The van der Waals surface area contributed by atoms with Crippen LogP contribution < -0.4 is 16.8 Å². The lowest BCUT2D eigenvalue weighted by Crippen LogP contribution is -2.41. The maximum absolute atomic E-state index is 11.7. The first-order valence-electron chi connectivity index (χ1n) is 5.36. The molecule has 1 amide bonds. The van der Waals surface area contributed by atoms with Crippen molar-refractivity contribution in [3.63, 3.8) is 0 Å². The van der Waals surface area contributed by atoms with Crippen molar-refractivity contribution < 1.29 is 4.79 Å². The van der Waals surface area contributed by atoms with Gasteiger partial charge in [-0.15, -0.1) is 0 Å². The summed E-state index contributed by atoms with van der Waals surface area (Å²) in [7, 11) is 0. The number of hydrogen-bond acceptors (Lipinski definition) is 4. The van der Waals surface area contributed by atoms with Crippen LogP contribution in [-0.4, -0.2) is 21.6 Å². The second-order valence-electron chi connectivity index (χ2n) is 3.97. The molecule has 1 aromatic rings. The minimum absolute atomic E-state index is 0.175. The number of aromatic nitrogens is 2. The first-order chi connectivity index (χ1) is 7.47. The summed E-state index contributed by atoms with van der Waals surface area (Å²) in [5.41, 5.74) is 11.7. The molecule has 0 fully saturated rings. The summed E-state index contributed by atoms with van der Waals surface area (Å²) < 4.78 is 1.74. The van der Waals surface area contributed by atoms with E-state index in [4.69, 9.17) is 11.5 Å². The van der Waals surface area contributed by atoms with E-state index in [-0.39, 0.29) is 23.8 Å². The highest BCUT2D eigenvalue weighted by Gasteiger charge is 2.17. The SMILES string of the molecule is CCC(N)NC(=O)c1ncn(C(C)C)c1N. The molecule has 1 atom stereocenters. The monoisotopic (exact) mass is 225 g/mol. The molecule has 90 valence electrons. The summed E-state index contributed by atoms with van der Waals surface area (Å²) in [6, 6.07) is 0.175. The van der Waals surface area contributed by atoms with Gasteiger partial charge in [0.1, 0.15) is 5.82 Å². The number of hydrogen-bond donors (Lipinski definition) is 3. The Morgan fingerprint density at radius 2 is 2.25 bits per heavy atom. The second-order valence-corrected chi connectivity index (χ2v) is 3.97. The van der Waals surface area contributed by atoms with Gasteiger partial charge in [0, 0.05) is 6.04 Å². The molecule has 1 rings (SSSR count). The fraction of sp³-hybridized carbons (Fsp3) is 0.600. The number of amides is 1. The maximum atomic E-state index is 11.7. The number of carbonyl (C=O) groups excluding carboxylic acids is 1. The van der Waals surface area contributed by atoms with Crippen LogP contribution in [0.4, 0.5) is 5.82 Å². The molecule has 0 aliphatic carbocycles. The Morgan fingerprint density at radius 3 is 2.69 bits per heavy atom. The van der Waals surface area contributed by atoms with Gasteiger partial charge in [0.05, 0.1) is 12.5 Å². The highest BCUT2D eigenvalue weighted by atomic mass is 16.2. The van der Waals surface area contributed by atoms with Crippen LogP contribution in [0, 0.1) is 0 Å². The summed E-state index contributed by atoms with van der Waals surface area (Å²) in [6.07, 6.45) is 1.86. The van der Waals surface area contributed by atoms with Crippen LogP contribution in [-0.2, 0) is 0 Å². The normalized spacial score (nSPS) is 12.8. The maximum Gasteiger partial charge on any atom is 0.274 e. The molecule has 5 N–H and O–H groups in total. The summed E-state index contributed by atoms with van der Waals surface area (Å²) in [5.74, 6) is 0.0436. The third kappa shape index (κ3) is 2.52. The number of anilines is 1. The second kappa shape index (κ2) is 4.98. The highest BCUT2D eigenvalue weighted by Crippen LogP contribution is 2.15. The molecule has 6 heteroatoms. The zero-order valence-corrected chi connectivity index (χ0v) is 9.90. The van der Waals surface area contributed by atoms with E-state index in [0.717, 1.165) is 0 Å². The van der Waals surface area contributed by atoms with Crippen LogP contribution in [0.1, 0.15) is 43.7 Å². The van der Waals surface area contributed by atoms with E-state index >= 15 is 0 Å². The van der Waals surface area contributed by atoms with E-state index in [1.807, 2.05) is 20.8 Å². The van der Waals surface area contributed by atoms with Gasteiger partial charge in [0.15, 0.2) is 5.69 Å². The predicted molar refractivity (Wildman–Crippen MR) is 62.8 cm³/mol. The van der Waals surface area contributed by atoms with E-state index in [1.54, 1.807) is 10.9 Å². The number of imidazole rings is 1. The molecule has 6 nitrogen and oxygen atoms in total. The molecule has 16 heavy (non-hydrogen) atoms. The fourth-order valence-electron chi connectivity index (χ4n) is 1.30. The van der Waals surface area contributed by atoms with Gasteiger partial charge in [-0.25, -0.2) is 4.98 Å². The van der Waals surface area contributed by atoms with E-state index in [9.17, 15) is 4.79 Å². The fourth-order valence-corrected chi connectivity index (χ4v) is 1.30. The third-order valence-corrected chi connectivity index (χ3v) is 2.36. The Kier molecular flexibility index (Phi) is 3.89.